The fourth-order valence-electron chi connectivity index (χ4n) is 1.71. The van der Waals surface area contributed by atoms with Gasteiger partial charge in [-0.25, -0.2) is 4.39 Å². The van der Waals surface area contributed by atoms with E-state index in [1.807, 2.05) is 0 Å². The van der Waals surface area contributed by atoms with Crippen LogP contribution in [0.1, 0.15) is 23.0 Å². The van der Waals surface area contributed by atoms with Crippen molar-refractivity contribution in [2.75, 3.05) is 6.54 Å². The molecule has 0 saturated heterocycles. The van der Waals surface area contributed by atoms with Gasteiger partial charge in [0.15, 0.2) is 0 Å². The van der Waals surface area contributed by atoms with Crippen LogP contribution in [0.2, 0.25) is 0 Å². The molecule has 0 aliphatic carbocycles. The Hall–Kier alpha value is -1.66. The van der Waals surface area contributed by atoms with E-state index in [9.17, 15) is 14.3 Å². The summed E-state index contributed by atoms with van der Waals surface area (Å²) in [6.45, 7) is 1.47. The number of carbonyl (C=O) groups excluding carboxylic acids is 1. The molecule has 0 bridgehead atoms. The summed E-state index contributed by atoms with van der Waals surface area (Å²) in [6.07, 6.45) is 1.44. The standard InChI is InChI=1S/C14H13BrFNO3/c1-14(19,12-3-2-4-20-12)8-17-13(18)9-5-10(15)7-11(16)6-9/h2-7,19H,8H2,1H3,(H,17,18). The van der Waals surface area contributed by atoms with Gasteiger partial charge in [0, 0.05) is 10.0 Å². The second-order valence-electron chi connectivity index (χ2n) is 4.59. The minimum Gasteiger partial charge on any atom is -0.466 e. The molecule has 6 heteroatoms. The Bertz CT molecular complexity index is 591. The van der Waals surface area contributed by atoms with Gasteiger partial charge >= 0.3 is 0 Å². The highest BCUT2D eigenvalue weighted by atomic mass is 79.9. The third-order valence-electron chi connectivity index (χ3n) is 2.77. The molecule has 1 heterocycles. The Morgan fingerprint density at radius 2 is 2.25 bits per heavy atom. The topological polar surface area (TPSA) is 62.5 Å². The number of halogens is 2. The Balaban J connectivity index is 2.05. The SMILES string of the molecule is CC(O)(CNC(=O)c1cc(F)cc(Br)c1)c1ccco1. The minimum atomic E-state index is -1.33. The molecule has 0 aliphatic rings. The van der Waals surface area contributed by atoms with E-state index in [0.29, 0.717) is 10.2 Å². The lowest BCUT2D eigenvalue weighted by molar-refractivity contribution is 0.0330. The average molecular weight is 342 g/mol. The molecule has 0 fully saturated rings. The number of amides is 1. The number of hydrogen-bond acceptors (Lipinski definition) is 3. The van der Waals surface area contributed by atoms with E-state index >= 15 is 0 Å². The molecule has 1 atom stereocenters. The van der Waals surface area contributed by atoms with Gasteiger partial charge in [0.2, 0.25) is 0 Å². The normalized spacial score (nSPS) is 13.8. The molecular formula is C14H13BrFNO3. The molecule has 0 spiro atoms. The van der Waals surface area contributed by atoms with Crippen LogP contribution in [0, 0.1) is 5.82 Å². The van der Waals surface area contributed by atoms with Crippen LogP contribution < -0.4 is 5.32 Å². The fraction of sp³-hybridized carbons (Fsp3) is 0.214. The number of furan rings is 1. The maximum Gasteiger partial charge on any atom is 0.251 e. The van der Waals surface area contributed by atoms with Crippen LogP contribution in [0.3, 0.4) is 0 Å². The second kappa shape index (κ2) is 5.76. The molecule has 106 valence electrons. The fourth-order valence-corrected chi connectivity index (χ4v) is 2.18. The summed E-state index contributed by atoms with van der Waals surface area (Å²) in [4.78, 5) is 11.9. The number of benzene rings is 1. The van der Waals surface area contributed by atoms with Crippen molar-refractivity contribution in [1.29, 1.82) is 0 Å². The summed E-state index contributed by atoms with van der Waals surface area (Å²) in [6, 6.07) is 7.15. The monoisotopic (exact) mass is 341 g/mol. The van der Waals surface area contributed by atoms with Crippen molar-refractivity contribution in [2.24, 2.45) is 0 Å². The molecule has 2 rings (SSSR count). The zero-order valence-corrected chi connectivity index (χ0v) is 12.3. The first-order chi connectivity index (χ1) is 9.38. The second-order valence-corrected chi connectivity index (χ2v) is 5.51. The molecule has 20 heavy (non-hydrogen) atoms. The van der Waals surface area contributed by atoms with Crippen molar-refractivity contribution in [3.8, 4) is 0 Å². The maximum atomic E-state index is 13.2. The number of hydrogen-bond donors (Lipinski definition) is 2. The van der Waals surface area contributed by atoms with Crippen molar-refractivity contribution in [2.45, 2.75) is 12.5 Å². The summed E-state index contributed by atoms with van der Waals surface area (Å²) in [5, 5.41) is 12.7. The van der Waals surface area contributed by atoms with Crippen molar-refractivity contribution in [3.63, 3.8) is 0 Å². The first kappa shape index (κ1) is 14.7. The van der Waals surface area contributed by atoms with Crippen molar-refractivity contribution in [1.82, 2.24) is 5.32 Å². The lowest BCUT2D eigenvalue weighted by Crippen LogP contribution is -2.38. The van der Waals surface area contributed by atoms with Gasteiger partial charge in [0.1, 0.15) is 17.2 Å². The van der Waals surface area contributed by atoms with Gasteiger partial charge in [0.05, 0.1) is 12.8 Å². The van der Waals surface area contributed by atoms with E-state index in [-0.39, 0.29) is 12.1 Å². The molecule has 2 N–H and O–H groups in total. The van der Waals surface area contributed by atoms with Crippen LogP contribution in [0.5, 0.6) is 0 Å². The van der Waals surface area contributed by atoms with Gasteiger partial charge in [-0.2, -0.15) is 0 Å². The van der Waals surface area contributed by atoms with Gasteiger partial charge in [-0.05, 0) is 37.3 Å². The number of nitrogens with one attached hydrogen (secondary N) is 1. The van der Waals surface area contributed by atoms with Crippen LogP contribution in [0.15, 0.2) is 45.5 Å². The van der Waals surface area contributed by atoms with E-state index in [1.54, 1.807) is 12.1 Å². The zero-order valence-electron chi connectivity index (χ0n) is 10.7. The van der Waals surface area contributed by atoms with Crippen LogP contribution in [-0.4, -0.2) is 17.6 Å². The van der Waals surface area contributed by atoms with E-state index in [4.69, 9.17) is 4.42 Å². The van der Waals surface area contributed by atoms with Gasteiger partial charge < -0.3 is 14.8 Å². The Labute approximate surface area is 123 Å². The Kier molecular flexibility index (Phi) is 4.25. The van der Waals surface area contributed by atoms with Crippen LogP contribution in [-0.2, 0) is 5.60 Å². The van der Waals surface area contributed by atoms with Crippen molar-refractivity contribution in [3.05, 3.63) is 58.2 Å². The van der Waals surface area contributed by atoms with Gasteiger partial charge in [-0.15, -0.1) is 0 Å². The number of carbonyl (C=O) groups is 1. The van der Waals surface area contributed by atoms with Crippen LogP contribution in [0.25, 0.3) is 0 Å². The van der Waals surface area contributed by atoms with Gasteiger partial charge in [-0.1, -0.05) is 15.9 Å². The lowest BCUT2D eigenvalue weighted by Gasteiger charge is -2.21. The predicted molar refractivity (Wildman–Crippen MR) is 74.7 cm³/mol. The van der Waals surface area contributed by atoms with Gasteiger partial charge in [0.25, 0.3) is 5.91 Å². The third kappa shape index (κ3) is 3.46. The molecule has 0 radical (unpaired) electrons. The molecule has 1 aromatic heterocycles. The minimum absolute atomic E-state index is 0.0481. The van der Waals surface area contributed by atoms with Crippen LogP contribution >= 0.6 is 15.9 Å². The highest BCUT2D eigenvalue weighted by Gasteiger charge is 2.27. The summed E-state index contributed by atoms with van der Waals surface area (Å²) < 4.78 is 18.8. The number of aliphatic hydroxyl groups is 1. The molecule has 1 aromatic carbocycles. The molecule has 1 amide bonds. The van der Waals surface area contributed by atoms with Gasteiger partial charge in [-0.3, -0.25) is 4.79 Å². The summed E-state index contributed by atoms with van der Waals surface area (Å²) >= 11 is 3.12. The maximum absolute atomic E-state index is 13.2. The molecular weight excluding hydrogens is 329 g/mol. The van der Waals surface area contributed by atoms with Crippen molar-refractivity contribution >= 4 is 21.8 Å². The van der Waals surface area contributed by atoms with Crippen molar-refractivity contribution < 1.29 is 18.7 Å². The number of rotatable bonds is 4. The molecule has 0 saturated carbocycles. The zero-order chi connectivity index (χ0) is 14.8. The molecule has 4 nitrogen and oxygen atoms in total. The highest BCUT2D eigenvalue weighted by Crippen LogP contribution is 2.20. The first-order valence-electron chi connectivity index (χ1n) is 5.89. The largest absolute Gasteiger partial charge is 0.466 e. The Morgan fingerprint density at radius 3 is 2.85 bits per heavy atom. The first-order valence-corrected chi connectivity index (χ1v) is 6.68. The molecule has 0 aliphatic heterocycles. The van der Waals surface area contributed by atoms with E-state index in [1.165, 1.54) is 25.3 Å². The smallest absolute Gasteiger partial charge is 0.251 e. The predicted octanol–water partition coefficient (Wildman–Crippen LogP) is 2.82. The third-order valence-corrected chi connectivity index (χ3v) is 3.23. The van der Waals surface area contributed by atoms with Crippen LogP contribution in [0.4, 0.5) is 4.39 Å². The van der Waals surface area contributed by atoms with E-state index in [0.717, 1.165) is 6.07 Å². The van der Waals surface area contributed by atoms with E-state index < -0.39 is 17.3 Å². The molecule has 2 aromatic rings. The Morgan fingerprint density at radius 1 is 1.50 bits per heavy atom. The summed E-state index contributed by atoms with van der Waals surface area (Å²) in [7, 11) is 0. The van der Waals surface area contributed by atoms with E-state index in [2.05, 4.69) is 21.2 Å². The summed E-state index contributed by atoms with van der Waals surface area (Å²) in [5.41, 5.74) is -1.16. The lowest BCUT2D eigenvalue weighted by atomic mass is 10.0. The average Bonchev–Trinajstić information content (AvgIpc) is 2.89. The quantitative estimate of drug-likeness (QED) is 0.898. The summed E-state index contributed by atoms with van der Waals surface area (Å²) in [5.74, 6) is -0.641. The highest BCUT2D eigenvalue weighted by molar-refractivity contribution is 9.10. The molecule has 1 unspecified atom stereocenters.